The summed E-state index contributed by atoms with van der Waals surface area (Å²) in [5, 5.41) is 11.3. The normalized spacial score (nSPS) is 16.4. The number of benzene rings is 1. The third kappa shape index (κ3) is 2.93. The van der Waals surface area contributed by atoms with E-state index in [1.807, 2.05) is 28.6 Å². The fourth-order valence-electron chi connectivity index (χ4n) is 3.63. The number of fused-ring (bicyclic) bond motifs is 1. The number of imidazole rings is 1. The van der Waals surface area contributed by atoms with E-state index in [9.17, 15) is 5.11 Å². The van der Waals surface area contributed by atoms with E-state index in [1.165, 1.54) is 6.20 Å². The average Bonchev–Trinajstić information content (AvgIpc) is 3.17. The van der Waals surface area contributed by atoms with Crippen molar-refractivity contribution in [2.24, 2.45) is 7.05 Å². The number of hydrogen-bond donors (Lipinski definition) is 2. The molecule has 8 heteroatoms. The predicted molar refractivity (Wildman–Crippen MR) is 105 cm³/mol. The molecule has 3 aromatic rings. The van der Waals surface area contributed by atoms with Gasteiger partial charge in [-0.1, -0.05) is 37.6 Å². The van der Waals surface area contributed by atoms with Gasteiger partial charge in [-0.3, -0.25) is 0 Å². The van der Waals surface area contributed by atoms with Crippen LogP contribution in [-0.4, -0.2) is 31.2 Å². The predicted octanol–water partition coefficient (Wildman–Crippen LogP) is 2.96. The largest absolute Gasteiger partial charge is 0.382 e. The zero-order chi connectivity index (χ0) is 19.3. The highest BCUT2D eigenvalue weighted by Crippen LogP contribution is 2.46. The topological polar surface area (TPSA) is 93.1 Å². The molecule has 0 amide bonds. The molecule has 1 aromatic carbocycles. The molecular weight excluding hydrogens is 364 g/mol. The van der Waals surface area contributed by atoms with Crippen LogP contribution in [0.3, 0.4) is 0 Å². The zero-order valence-electron chi connectivity index (χ0n) is 15.4. The molecule has 140 valence electrons. The molecule has 0 unspecified atom stereocenters. The summed E-state index contributed by atoms with van der Waals surface area (Å²) in [4.78, 5) is 14.4. The van der Waals surface area contributed by atoms with Gasteiger partial charge in [-0.25, -0.2) is 9.97 Å². The first kappa shape index (κ1) is 17.8. The quantitative estimate of drug-likeness (QED) is 0.721. The lowest BCUT2D eigenvalue weighted by Gasteiger charge is -2.22. The first-order valence-electron chi connectivity index (χ1n) is 8.62. The highest BCUT2D eigenvalue weighted by molar-refractivity contribution is 6.33. The van der Waals surface area contributed by atoms with Crippen LogP contribution in [0.2, 0.25) is 5.02 Å². The molecule has 7 nitrogen and oxygen atoms in total. The highest BCUT2D eigenvalue weighted by Gasteiger charge is 2.37. The molecule has 0 aliphatic carbocycles. The van der Waals surface area contributed by atoms with Gasteiger partial charge in [0, 0.05) is 24.7 Å². The molecule has 4 rings (SSSR count). The Bertz CT molecular complexity index is 1020. The third-order valence-corrected chi connectivity index (χ3v) is 5.31. The second kappa shape index (κ2) is 6.21. The Morgan fingerprint density at radius 3 is 2.78 bits per heavy atom. The minimum Gasteiger partial charge on any atom is -0.382 e. The molecule has 2 aromatic heterocycles. The molecule has 27 heavy (non-hydrogen) atoms. The minimum atomic E-state index is -0.778. The molecule has 1 aliphatic heterocycles. The monoisotopic (exact) mass is 384 g/mol. The van der Waals surface area contributed by atoms with Gasteiger partial charge < -0.3 is 20.3 Å². The van der Waals surface area contributed by atoms with Crippen LogP contribution in [-0.2, 0) is 12.5 Å². The molecule has 3 N–H and O–H groups in total. The number of hydrogen-bond acceptors (Lipinski definition) is 6. The molecule has 0 bridgehead atoms. The fourth-order valence-corrected chi connectivity index (χ4v) is 3.82. The number of aliphatic hydroxyl groups is 1. The second-order valence-electron chi connectivity index (χ2n) is 7.48. The summed E-state index contributed by atoms with van der Waals surface area (Å²) in [6.07, 6.45) is 4.07. The van der Waals surface area contributed by atoms with Crippen LogP contribution in [0.5, 0.6) is 0 Å². The smallest absolute Gasteiger partial charge is 0.222 e. The number of anilines is 3. The Balaban J connectivity index is 1.82. The van der Waals surface area contributed by atoms with Gasteiger partial charge >= 0.3 is 0 Å². The van der Waals surface area contributed by atoms with Gasteiger partial charge in [-0.15, -0.1) is 0 Å². The van der Waals surface area contributed by atoms with Crippen molar-refractivity contribution in [3.63, 3.8) is 0 Å². The van der Waals surface area contributed by atoms with E-state index >= 15 is 0 Å². The van der Waals surface area contributed by atoms with E-state index in [1.54, 1.807) is 12.5 Å². The van der Waals surface area contributed by atoms with E-state index in [2.05, 4.69) is 34.9 Å². The van der Waals surface area contributed by atoms with Crippen LogP contribution < -0.4 is 10.6 Å². The van der Waals surface area contributed by atoms with Gasteiger partial charge in [0.25, 0.3) is 0 Å². The Kier molecular flexibility index (Phi) is 4.09. The second-order valence-corrected chi connectivity index (χ2v) is 7.89. The molecule has 0 saturated carbocycles. The first-order valence-corrected chi connectivity index (χ1v) is 9.00. The lowest BCUT2D eigenvalue weighted by atomic mass is 9.86. The molecule has 0 saturated heterocycles. The number of nitrogen functional groups attached to an aromatic ring is 1. The first-order chi connectivity index (χ1) is 12.8. The summed E-state index contributed by atoms with van der Waals surface area (Å²) in [5.41, 5.74) is 9.30. The van der Waals surface area contributed by atoms with E-state index in [-0.39, 0.29) is 11.4 Å². The van der Waals surface area contributed by atoms with Crippen molar-refractivity contribution < 1.29 is 5.11 Å². The highest BCUT2D eigenvalue weighted by atomic mass is 35.5. The van der Waals surface area contributed by atoms with Crippen molar-refractivity contribution in [1.82, 2.24) is 19.5 Å². The maximum Gasteiger partial charge on any atom is 0.222 e. The molecule has 0 radical (unpaired) electrons. The summed E-state index contributed by atoms with van der Waals surface area (Å²) < 4.78 is 1.81. The van der Waals surface area contributed by atoms with Crippen LogP contribution in [0.15, 0.2) is 36.9 Å². The molecular formula is C19H21ClN6O. The standard InChI is InChI=1S/C19H21ClN6O/c1-19(2)9-26(17-13(20)7-23-18(21)24-17)14-6-11(4-5-12(14)19)16(27)15-8-22-10-25(15)3/h4-8,10,16,27H,9H2,1-3H3,(H2,21,23,24)/t16-/m0/s1. The van der Waals surface area contributed by atoms with E-state index < -0.39 is 6.10 Å². The molecule has 1 aliphatic rings. The van der Waals surface area contributed by atoms with Gasteiger partial charge in [0.05, 0.1) is 24.4 Å². The zero-order valence-corrected chi connectivity index (χ0v) is 16.1. The van der Waals surface area contributed by atoms with Crippen molar-refractivity contribution in [2.75, 3.05) is 17.2 Å². The summed E-state index contributed by atoms with van der Waals surface area (Å²) in [6, 6.07) is 6.00. The Morgan fingerprint density at radius 2 is 2.07 bits per heavy atom. The summed E-state index contributed by atoms with van der Waals surface area (Å²) in [5.74, 6) is 0.745. The third-order valence-electron chi connectivity index (χ3n) is 5.04. The molecule has 1 atom stereocenters. The maximum absolute atomic E-state index is 10.8. The summed E-state index contributed by atoms with van der Waals surface area (Å²) >= 11 is 6.36. The van der Waals surface area contributed by atoms with E-state index in [0.717, 1.165) is 22.5 Å². The average molecular weight is 385 g/mol. The van der Waals surface area contributed by atoms with Crippen molar-refractivity contribution in [1.29, 1.82) is 0 Å². The van der Waals surface area contributed by atoms with Gasteiger partial charge in [-0.2, -0.15) is 4.98 Å². The lowest BCUT2D eigenvalue weighted by molar-refractivity contribution is 0.211. The van der Waals surface area contributed by atoms with Crippen molar-refractivity contribution in [3.8, 4) is 0 Å². The Hall–Kier alpha value is -2.64. The number of aryl methyl sites for hydroxylation is 1. The maximum atomic E-state index is 10.8. The van der Waals surface area contributed by atoms with Crippen molar-refractivity contribution in [3.05, 3.63) is 58.8 Å². The molecule has 0 fully saturated rings. The number of halogens is 1. The summed E-state index contributed by atoms with van der Waals surface area (Å²) in [7, 11) is 1.86. The van der Waals surface area contributed by atoms with Crippen LogP contribution in [0.1, 0.15) is 36.8 Å². The van der Waals surface area contributed by atoms with Crippen LogP contribution in [0.4, 0.5) is 17.5 Å². The number of aliphatic hydroxyl groups excluding tert-OH is 1. The molecule has 3 heterocycles. The number of rotatable bonds is 3. The minimum absolute atomic E-state index is 0.103. The summed E-state index contributed by atoms with van der Waals surface area (Å²) in [6.45, 7) is 5.03. The van der Waals surface area contributed by atoms with E-state index in [0.29, 0.717) is 17.4 Å². The number of aromatic nitrogens is 4. The van der Waals surface area contributed by atoms with Crippen molar-refractivity contribution in [2.45, 2.75) is 25.4 Å². The van der Waals surface area contributed by atoms with Gasteiger partial charge in [0.2, 0.25) is 5.95 Å². The van der Waals surface area contributed by atoms with Gasteiger partial charge in [0.15, 0.2) is 5.82 Å². The fraction of sp³-hybridized carbons (Fsp3) is 0.316. The lowest BCUT2D eigenvalue weighted by Crippen LogP contribution is -2.26. The van der Waals surface area contributed by atoms with Gasteiger partial charge in [-0.05, 0) is 17.2 Å². The number of nitrogens with zero attached hydrogens (tertiary/aromatic N) is 5. The van der Waals surface area contributed by atoms with E-state index in [4.69, 9.17) is 17.3 Å². The van der Waals surface area contributed by atoms with Gasteiger partial charge in [0.1, 0.15) is 11.1 Å². The Labute approximate surface area is 162 Å². The van der Waals surface area contributed by atoms with Crippen molar-refractivity contribution >= 4 is 29.1 Å². The van der Waals surface area contributed by atoms with Crippen LogP contribution in [0, 0.1) is 0 Å². The molecule has 0 spiro atoms. The SMILES string of the molecule is Cn1cncc1[C@@H](O)c1ccc2c(c1)N(c1nc(N)ncc1Cl)CC2(C)C. The van der Waals surface area contributed by atoms with Crippen LogP contribution >= 0.6 is 11.6 Å². The van der Waals surface area contributed by atoms with Crippen LogP contribution in [0.25, 0.3) is 0 Å². The Morgan fingerprint density at radius 1 is 1.30 bits per heavy atom. The number of nitrogens with two attached hydrogens (primary N) is 1.